The Morgan fingerprint density at radius 1 is 0.431 bits per heavy atom. The van der Waals surface area contributed by atoms with E-state index in [2.05, 4.69) is 26.3 Å². The zero-order valence-corrected chi connectivity index (χ0v) is 28.3. The number of rotatable bonds is 22. The van der Waals surface area contributed by atoms with Crippen molar-refractivity contribution in [1.82, 2.24) is 0 Å². The highest BCUT2D eigenvalue weighted by molar-refractivity contribution is 5.79. The Balaban J connectivity index is -0.000000155. The number of hydrogen-bond acceptors (Lipinski definition) is 17. The first-order valence-electron chi connectivity index (χ1n) is 14.1. The third kappa shape index (κ3) is 39.0. The van der Waals surface area contributed by atoms with E-state index < -0.39 is 99.1 Å². The van der Waals surface area contributed by atoms with Gasteiger partial charge in [0.15, 0.2) is 0 Å². The summed E-state index contributed by atoms with van der Waals surface area (Å²) in [5, 5.41) is 129. The molecular weight excluding hydrogens is 696 g/mol. The molecule has 0 rings (SSSR count). The van der Waals surface area contributed by atoms with Gasteiger partial charge in [0, 0.05) is 24.3 Å². The lowest BCUT2D eigenvalue weighted by Crippen LogP contribution is -2.45. The molecule has 0 aromatic heterocycles. The summed E-state index contributed by atoms with van der Waals surface area (Å²) in [6.45, 7) is 6.29. The number of hydrogen-bond donors (Lipinski definition) is 15. The van der Waals surface area contributed by atoms with Gasteiger partial charge in [-0.25, -0.2) is 19.2 Å². The quantitative estimate of drug-likeness (QED) is 0.0462. The van der Waals surface area contributed by atoms with Gasteiger partial charge >= 0.3 is 23.9 Å². The van der Waals surface area contributed by atoms with Crippen LogP contribution in [0.2, 0.25) is 0 Å². The second-order valence-corrected chi connectivity index (χ2v) is 9.94. The molecule has 51 heavy (non-hydrogen) atoms. The second kappa shape index (κ2) is 39.1. The van der Waals surface area contributed by atoms with Crippen LogP contribution in [0.15, 0.2) is 50.6 Å². The van der Waals surface area contributed by atoms with Gasteiger partial charge in [0.1, 0.15) is 6.10 Å². The van der Waals surface area contributed by atoms with E-state index >= 15 is 0 Å². The molecule has 0 bridgehead atoms. The number of carboxylic acid groups (broad SMARTS) is 4. The smallest absolute Gasteiger partial charge is 0.327 e. The highest BCUT2D eigenvalue weighted by atomic mass is 16.5. The van der Waals surface area contributed by atoms with Gasteiger partial charge < -0.3 is 86.1 Å². The lowest BCUT2D eigenvalue weighted by Gasteiger charge is -2.34. The van der Waals surface area contributed by atoms with Gasteiger partial charge in [-0.2, -0.15) is 0 Å². The summed E-state index contributed by atoms with van der Waals surface area (Å²) in [5.74, 6) is -3.93. The lowest BCUT2D eigenvalue weighted by molar-refractivity contribution is -0.132. The minimum Gasteiger partial charge on any atom is -0.478 e. The maximum absolute atomic E-state index is 9.56. The average Bonchev–Trinajstić information content (AvgIpc) is 3.15. The van der Waals surface area contributed by atoms with Gasteiger partial charge in [-0.3, -0.25) is 0 Å². The van der Waals surface area contributed by atoms with Gasteiger partial charge in [-0.05, 0) is 0 Å². The van der Waals surface area contributed by atoms with E-state index in [0.717, 1.165) is 24.3 Å². The molecule has 0 unspecified atom stereocenters. The largest absolute Gasteiger partial charge is 0.478 e. The number of aliphatic carboxylic acids is 4. The Morgan fingerprint density at radius 3 is 0.686 bits per heavy atom. The average molecular weight is 753 g/mol. The molecule has 0 aromatic carbocycles. The van der Waals surface area contributed by atoms with Crippen LogP contribution < -0.4 is 0 Å². The first-order valence-corrected chi connectivity index (χ1v) is 14.1. The number of carboxylic acids is 4. The molecule has 0 aliphatic heterocycles. The van der Waals surface area contributed by atoms with E-state index in [9.17, 15) is 60.0 Å². The van der Waals surface area contributed by atoms with Gasteiger partial charge in [-0.1, -0.05) is 26.3 Å². The van der Waals surface area contributed by atoms with E-state index in [1.54, 1.807) is 0 Å². The third-order valence-electron chi connectivity index (χ3n) is 5.44. The molecule has 0 heterocycles. The molecule has 15 N–H and O–H groups in total. The summed E-state index contributed by atoms with van der Waals surface area (Å²) in [6.07, 6.45) is 2.38. The van der Waals surface area contributed by atoms with Crippen LogP contribution in [0, 0.1) is 16.2 Å². The minimum absolute atomic E-state index is 0.188. The van der Waals surface area contributed by atoms with Crippen LogP contribution in [0.1, 0.15) is 0 Å². The van der Waals surface area contributed by atoms with Gasteiger partial charge in [0.2, 0.25) is 0 Å². The molecule has 0 fully saturated rings. The maximum Gasteiger partial charge on any atom is 0.327 e. The summed E-state index contributed by atoms with van der Waals surface area (Å²) < 4.78 is 10.7. The summed E-state index contributed by atoms with van der Waals surface area (Å²) in [4.78, 5) is 37.0. The predicted octanol–water partition coefficient (Wildman–Crippen LogP) is -4.72. The fourth-order valence-electron chi connectivity index (χ4n) is 1.87. The van der Waals surface area contributed by atoms with Crippen LogP contribution >= 0.6 is 0 Å². The van der Waals surface area contributed by atoms with Crippen molar-refractivity contribution in [2.24, 2.45) is 16.2 Å². The van der Waals surface area contributed by atoms with Crippen LogP contribution in [-0.4, -0.2) is 199 Å². The Hall–Kier alpha value is -3.68. The molecule has 0 atom stereocenters. The van der Waals surface area contributed by atoms with E-state index in [1.165, 1.54) is 0 Å². The summed E-state index contributed by atoms with van der Waals surface area (Å²) in [6, 6.07) is 0. The van der Waals surface area contributed by atoms with Gasteiger partial charge in [0.25, 0.3) is 0 Å². The Kier molecular flexibility index (Phi) is 45.6. The van der Waals surface area contributed by atoms with Crippen molar-refractivity contribution in [3.05, 3.63) is 50.6 Å². The molecule has 0 aliphatic rings. The van der Waals surface area contributed by atoms with Crippen molar-refractivity contribution in [3.8, 4) is 0 Å². The van der Waals surface area contributed by atoms with Crippen molar-refractivity contribution >= 4 is 23.9 Å². The number of carbonyl (C=O) groups is 4. The van der Waals surface area contributed by atoms with Crippen LogP contribution in [0.5, 0.6) is 0 Å². The Bertz CT molecular complexity index is 791. The van der Waals surface area contributed by atoms with Crippen LogP contribution in [0.3, 0.4) is 0 Å². The van der Waals surface area contributed by atoms with Crippen molar-refractivity contribution < 1.29 is 105 Å². The number of aliphatic hydroxyl groups is 11. The molecular formula is C30H56O21. The molecule has 302 valence electrons. The van der Waals surface area contributed by atoms with E-state index in [4.69, 9.17) is 45.2 Å². The van der Waals surface area contributed by atoms with Gasteiger partial charge in [-0.15, -0.1) is 0 Å². The Morgan fingerprint density at radius 2 is 0.588 bits per heavy atom. The zero-order valence-electron chi connectivity index (χ0n) is 28.3. The van der Waals surface area contributed by atoms with E-state index in [-0.39, 0.29) is 39.6 Å². The SMILES string of the molecule is C=CC(=O)O.C=CC(=O)O.C=CC(=O)O.C=CC(=O)O.OCC(CO)(CO)COCC(CO)(CO)COCC(CO)(CO)CO.OCC(O)CO. The van der Waals surface area contributed by atoms with Gasteiger partial charge in [0.05, 0.1) is 109 Å². The number of ether oxygens (including phenoxy) is 2. The fourth-order valence-corrected chi connectivity index (χ4v) is 1.87. The molecule has 0 saturated heterocycles. The molecule has 0 aromatic rings. The minimum atomic E-state index is -1.24. The topological polar surface area (TPSA) is 390 Å². The highest BCUT2D eigenvalue weighted by Gasteiger charge is 2.35. The first kappa shape index (κ1) is 59.5. The van der Waals surface area contributed by atoms with Crippen LogP contribution in [-0.2, 0) is 28.7 Å². The summed E-state index contributed by atoms with van der Waals surface area (Å²) >= 11 is 0. The lowest BCUT2D eigenvalue weighted by atomic mass is 9.90. The van der Waals surface area contributed by atoms with Crippen molar-refractivity contribution in [2.45, 2.75) is 6.10 Å². The molecule has 0 saturated carbocycles. The van der Waals surface area contributed by atoms with E-state index in [1.807, 2.05) is 0 Å². The number of aliphatic hydroxyl groups excluding tert-OH is 11. The van der Waals surface area contributed by atoms with Crippen molar-refractivity contribution in [2.75, 3.05) is 92.5 Å². The standard InChI is InChI=1S/C15H32O10.C3H8O3.4C3H4O2/c16-1-13(2-17,3-18)9-24-11-15(7-22,8-23)12-25-10-14(4-19,5-20)6-21;4-1-3(6)2-5;4*1-2-3(4)5/h16-23H,1-12H2;3-6H,1-2H2;4*2H,1H2,(H,4,5). The second-order valence-electron chi connectivity index (χ2n) is 9.94. The zero-order chi connectivity index (χ0) is 41.5. The molecule has 21 nitrogen and oxygen atoms in total. The highest BCUT2D eigenvalue weighted by Crippen LogP contribution is 2.23. The Labute approximate surface area is 294 Å². The first-order chi connectivity index (χ1) is 23.8. The normalized spacial score (nSPS) is 10.3. The fraction of sp³-hybridized carbons (Fsp3) is 0.600. The maximum atomic E-state index is 9.56. The predicted molar refractivity (Wildman–Crippen MR) is 177 cm³/mol. The molecule has 0 amide bonds. The summed E-state index contributed by atoms with van der Waals surface area (Å²) in [7, 11) is 0. The van der Waals surface area contributed by atoms with Crippen LogP contribution in [0.25, 0.3) is 0 Å². The molecule has 0 radical (unpaired) electrons. The molecule has 0 spiro atoms. The van der Waals surface area contributed by atoms with E-state index in [0.29, 0.717) is 0 Å². The molecule has 21 heteroatoms. The van der Waals surface area contributed by atoms with Crippen molar-refractivity contribution in [1.29, 1.82) is 0 Å². The third-order valence-corrected chi connectivity index (χ3v) is 5.44. The van der Waals surface area contributed by atoms with Crippen molar-refractivity contribution in [3.63, 3.8) is 0 Å². The molecule has 0 aliphatic carbocycles. The van der Waals surface area contributed by atoms with Crippen LogP contribution in [0.4, 0.5) is 0 Å². The monoisotopic (exact) mass is 752 g/mol. The summed E-state index contributed by atoms with van der Waals surface area (Å²) in [5.41, 5.74) is -3.69.